The van der Waals surface area contributed by atoms with Crippen LogP contribution in [0, 0.1) is 0 Å². The largest absolute Gasteiger partial charge is 0.396 e. The molecule has 20 heavy (non-hydrogen) atoms. The molecule has 2 rings (SSSR count). The van der Waals surface area contributed by atoms with Gasteiger partial charge in [0.2, 0.25) is 5.91 Å². The van der Waals surface area contributed by atoms with E-state index in [2.05, 4.69) is 15.3 Å². The Labute approximate surface area is 121 Å². The van der Waals surface area contributed by atoms with Gasteiger partial charge in [-0.1, -0.05) is 17.7 Å². The fraction of sp³-hybridized carbons (Fsp3) is 0.214. The lowest BCUT2D eigenvalue weighted by Crippen LogP contribution is -2.14. The molecule has 0 saturated carbocycles. The third kappa shape index (κ3) is 4.01. The molecule has 0 unspecified atom stereocenters. The monoisotopic (exact) mass is 291 g/mol. The topological polar surface area (TPSA) is 75.1 Å². The molecule has 0 radical (unpaired) electrons. The number of rotatable bonds is 5. The average molecular weight is 292 g/mol. The maximum absolute atomic E-state index is 11.9. The van der Waals surface area contributed by atoms with Crippen LogP contribution in [0.1, 0.15) is 11.1 Å². The Morgan fingerprint density at radius 2 is 2.05 bits per heavy atom. The van der Waals surface area contributed by atoms with Crippen LogP contribution in [0.2, 0.25) is 5.02 Å². The molecule has 0 aliphatic heterocycles. The van der Waals surface area contributed by atoms with Crippen molar-refractivity contribution < 1.29 is 9.90 Å². The molecular formula is C14H14ClN3O2. The zero-order valence-corrected chi connectivity index (χ0v) is 11.5. The van der Waals surface area contributed by atoms with E-state index in [1.807, 2.05) is 0 Å². The summed E-state index contributed by atoms with van der Waals surface area (Å²) in [6, 6.07) is 5.22. The van der Waals surface area contributed by atoms with Crippen LogP contribution in [-0.2, 0) is 17.6 Å². The van der Waals surface area contributed by atoms with E-state index in [0.717, 1.165) is 11.1 Å². The zero-order chi connectivity index (χ0) is 14.4. The van der Waals surface area contributed by atoms with Crippen LogP contribution in [0.3, 0.4) is 0 Å². The van der Waals surface area contributed by atoms with Crippen molar-refractivity contribution in [3.8, 4) is 0 Å². The van der Waals surface area contributed by atoms with Crippen molar-refractivity contribution in [3.63, 3.8) is 0 Å². The van der Waals surface area contributed by atoms with Crippen molar-refractivity contribution in [2.24, 2.45) is 0 Å². The summed E-state index contributed by atoms with van der Waals surface area (Å²) >= 11 is 6.07. The number of nitrogens with zero attached hydrogens (tertiary/aromatic N) is 2. The summed E-state index contributed by atoms with van der Waals surface area (Å²) in [6.45, 7) is 0.0411. The summed E-state index contributed by atoms with van der Waals surface area (Å²) in [4.78, 5) is 19.6. The molecular weight excluding hydrogens is 278 g/mol. The number of benzene rings is 1. The normalized spacial score (nSPS) is 10.3. The fourth-order valence-corrected chi connectivity index (χ4v) is 2.04. The molecule has 0 saturated heterocycles. The van der Waals surface area contributed by atoms with Gasteiger partial charge in [-0.15, -0.1) is 0 Å². The molecule has 0 aliphatic rings. The van der Waals surface area contributed by atoms with Crippen LogP contribution in [0.15, 0.2) is 36.9 Å². The Kier molecular flexibility index (Phi) is 5.03. The van der Waals surface area contributed by atoms with Crippen molar-refractivity contribution in [1.82, 2.24) is 9.97 Å². The minimum absolute atomic E-state index is 0.0411. The molecule has 2 aromatic rings. The van der Waals surface area contributed by atoms with Gasteiger partial charge in [0, 0.05) is 29.7 Å². The van der Waals surface area contributed by atoms with E-state index in [4.69, 9.17) is 16.7 Å². The number of anilines is 1. The first-order valence-corrected chi connectivity index (χ1v) is 6.50. The minimum Gasteiger partial charge on any atom is -0.396 e. The van der Waals surface area contributed by atoms with Gasteiger partial charge in [0.25, 0.3) is 0 Å². The third-order valence-electron chi connectivity index (χ3n) is 2.70. The highest BCUT2D eigenvalue weighted by molar-refractivity contribution is 6.31. The van der Waals surface area contributed by atoms with E-state index in [1.165, 1.54) is 6.33 Å². The fourth-order valence-electron chi connectivity index (χ4n) is 1.76. The quantitative estimate of drug-likeness (QED) is 0.881. The molecule has 1 aromatic carbocycles. The number of aromatic nitrogens is 2. The minimum atomic E-state index is -0.161. The molecule has 1 aromatic heterocycles. The molecule has 0 atom stereocenters. The van der Waals surface area contributed by atoms with E-state index in [1.54, 1.807) is 30.6 Å². The Hall–Kier alpha value is -1.98. The van der Waals surface area contributed by atoms with Crippen LogP contribution >= 0.6 is 11.6 Å². The summed E-state index contributed by atoms with van der Waals surface area (Å²) in [7, 11) is 0. The molecule has 0 bridgehead atoms. The summed E-state index contributed by atoms with van der Waals surface area (Å²) in [5.74, 6) is -0.161. The average Bonchev–Trinajstić information content (AvgIpc) is 2.43. The van der Waals surface area contributed by atoms with Crippen LogP contribution in [0.4, 0.5) is 5.69 Å². The first kappa shape index (κ1) is 14.4. The first-order valence-electron chi connectivity index (χ1n) is 6.12. The number of aliphatic hydroxyl groups is 1. The molecule has 6 heteroatoms. The van der Waals surface area contributed by atoms with E-state index >= 15 is 0 Å². The second-order valence-electron chi connectivity index (χ2n) is 4.25. The molecule has 1 heterocycles. The predicted molar refractivity (Wildman–Crippen MR) is 76.6 cm³/mol. The first-order chi connectivity index (χ1) is 9.69. The van der Waals surface area contributed by atoms with Crippen LogP contribution in [-0.4, -0.2) is 27.6 Å². The van der Waals surface area contributed by atoms with Crippen LogP contribution in [0.25, 0.3) is 0 Å². The van der Waals surface area contributed by atoms with Gasteiger partial charge in [-0.3, -0.25) is 4.79 Å². The van der Waals surface area contributed by atoms with Crippen molar-refractivity contribution in [2.75, 3.05) is 11.9 Å². The molecule has 0 spiro atoms. The molecule has 5 nitrogen and oxygen atoms in total. The Morgan fingerprint density at radius 1 is 1.30 bits per heavy atom. The number of aliphatic hydroxyl groups excluding tert-OH is 1. The number of amides is 1. The third-order valence-corrected chi connectivity index (χ3v) is 3.05. The van der Waals surface area contributed by atoms with Gasteiger partial charge in [0.15, 0.2) is 0 Å². The number of hydrogen-bond acceptors (Lipinski definition) is 4. The maximum atomic E-state index is 11.9. The molecule has 0 fully saturated rings. The highest BCUT2D eigenvalue weighted by Crippen LogP contribution is 2.21. The number of carbonyl (C=O) groups is 1. The molecule has 2 N–H and O–H groups in total. The summed E-state index contributed by atoms with van der Waals surface area (Å²) < 4.78 is 0. The summed E-state index contributed by atoms with van der Waals surface area (Å²) in [5, 5.41) is 12.2. The van der Waals surface area contributed by atoms with Gasteiger partial charge >= 0.3 is 0 Å². The number of hydrogen-bond donors (Lipinski definition) is 2. The van der Waals surface area contributed by atoms with Gasteiger partial charge in [0.05, 0.1) is 6.42 Å². The van der Waals surface area contributed by atoms with Crippen LogP contribution in [0.5, 0.6) is 0 Å². The second kappa shape index (κ2) is 6.98. The van der Waals surface area contributed by atoms with Gasteiger partial charge in [-0.25, -0.2) is 9.97 Å². The van der Waals surface area contributed by atoms with Crippen molar-refractivity contribution >= 4 is 23.2 Å². The number of nitrogens with one attached hydrogen (secondary N) is 1. The van der Waals surface area contributed by atoms with Gasteiger partial charge in [-0.2, -0.15) is 0 Å². The van der Waals surface area contributed by atoms with E-state index in [-0.39, 0.29) is 18.9 Å². The van der Waals surface area contributed by atoms with Gasteiger partial charge in [-0.05, 0) is 29.7 Å². The van der Waals surface area contributed by atoms with Crippen molar-refractivity contribution in [1.29, 1.82) is 0 Å². The summed E-state index contributed by atoms with van der Waals surface area (Å²) in [6.07, 6.45) is 5.32. The molecule has 0 aliphatic carbocycles. The smallest absolute Gasteiger partial charge is 0.228 e. The maximum Gasteiger partial charge on any atom is 0.228 e. The van der Waals surface area contributed by atoms with Gasteiger partial charge in [0.1, 0.15) is 6.33 Å². The molecule has 1 amide bonds. The predicted octanol–water partition coefficient (Wildman–Crippen LogP) is 1.85. The van der Waals surface area contributed by atoms with Crippen molar-refractivity contribution in [2.45, 2.75) is 12.8 Å². The van der Waals surface area contributed by atoms with E-state index in [9.17, 15) is 4.79 Å². The Bertz CT molecular complexity index is 590. The summed E-state index contributed by atoms with van der Waals surface area (Å²) in [5.41, 5.74) is 2.22. The second-order valence-corrected chi connectivity index (χ2v) is 4.66. The van der Waals surface area contributed by atoms with Crippen molar-refractivity contribution in [3.05, 3.63) is 53.1 Å². The number of carbonyl (C=O) groups excluding carboxylic acids is 1. The Balaban J connectivity index is 1.99. The van der Waals surface area contributed by atoms with E-state index in [0.29, 0.717) is 17.1 Å². The van der Waals surface area contributed by atoms with Crippen LogP contribution < -0.4 is 5.32 Å². The number of halogens is 1. The van der Waals surface area contributed by atoms with Gasteiger partial charge < -0.3 is 10.4 Å². The SMILES string of the molecule is O=C(Cc1cncnc1)Nc1ccc(CCO)c(Cl)c1. The zero-order valence-electron chi connectivity index (χ0n) is 10.7. The Morgan fingerprint density at radius 3 is 2.70 bits per heavy atom. The molecule has 104 valence electrons. The lowest BCUT2D eigenvalue weighted by atomic mass is 10.1. The lowest BCUT2D eigenvalue weighted by molar-refractivity contribution is -0.115. The highest BCUT2D eigenvalue weighted by Gasteiger charge is 2.06. The highest BCUT2D eigenvalue weighted by atomic mass is 35.5. The van der Waals surface area contributed by atoms with E-state index < -0.39 is 0 Å². The standard InChI is InChI=1S/C14H14ClN3O2/c15-13-6-12(2-1-11(13)3-4-19)18-14(20)5-10-7-16-9-17-8-10/h1-2,6-9,19H,3-5H2,(H,18,20). The lowest BCUT2D eigenvalue weighted by Gasteiger charge is -2.08.